The lowest BCUT2D eigenvalue weighted by Crippen LogP contribution is -2.34. The molecule has 4 nitrogen and oxygen atoms in total. The summed E-state index contributed by atoms with van der Waals surface area (Å²) in [6.45, 7) is 7.37. The molecule has 4 heteroatoms. The minimum Gasteiger partial charge on any atom is -0.481 e. The van der Waals surface area contributed by atoms with E-state index in [1.54, 1.807) is 0 Å². The fourth-order valence-electron chi connectivity index (χ4n) is 2.88. The predicted octanol–water partition coefficient (Wildman–Crippen LogP) is 2.45. The van der Waals surface area contributed by atoms with Gasteiger partial charge in [0.15, 0.2) is 0 Å². The van der Waals surface area contributed by atoms with Crippen LogP contribution in [-0.2, 0) is 11.3 Å². The van der Waals surface area contributed by atoms with Gasteiger partial charge in [-0.1, -0.05) is 30.3 Å². The van der Waals surface area contributed by atoms with Crippen molar-refractivity contribution < 1.29 is 9.90 Å². The molecule has 0 spiro atoms. The number of carboxylic acid groups (broad SMARTS) is 1. The Labute approximate surface area is 127 Å². The van der Waals surface area contributed by atoms with Crippen molar-refractivity contribution in [2.45, 2.75) is 38.8 Å². The quantitative estimate of drug-likeness (QED) is 0.874. The zero-order chi connectivity index (χ0) is 15.1. The molecule has 116 valence electrons. The van der Waals surface area contributed by atoms with Gasteiger partial charge in [-0.2, -0.15) is 0 Å². The SMILES string of the molecule is C[C@@H]1CCN(CCCC(=O)O)CCN1Cc1ccccc1. The normalized spacial score (nSPS) is 21.1. The Kier molecular flexibility index (Phi) is 6.21. The van der Waals surface area contributed by atoms with Crippen LogP contribution in [0.25, 0.3) is 0 Å². The van der Waals surface area contributed by atoms with Gasteiger partial charge in [0.2, 0.25) is 0 Å². The second-order valence-electron chi connectivity index (χ2n) is 5.93. The molecular formula is C17H26N2O2. The Morgan fingerprint density at radius 2 is 2.00 bits per heavy atom. The van der Waals surface area contributed by atoms with Crippen LogP contribution in [0.3, 0.4) is 0 Å². The molecule has 0 aliphatic carbocycles. The van der Waals surface area contributed by atoms with Gasteiger partial charge in [-0.3, -0.25) is 9.69 Å². The number of aliphatic carboxylic acids is 1. The van der Waals surface area contributed by atoms with Gasteiger partial charge in [-0.15, -0.1) is 0 Å². The summed E-state index contributed by atoms with van der Waals surface area (Å²) in [7, 11) is 0. The number of carboxylic acids is 1. The molecule has 0 aromatic heterocycles. The smallest absolute Gasteiger partial charge is 0.303 e. The van der Waals surface area contributed by atoms with Gasteiger partial charge in [0, 0.05) is 32.1 Å². The van der Waals surface area contributed by atoms with E-state index in [1.807, 2.05) is 0 Å². The Bertz CT molecular complexity index is 436. The van der Waals surface area contributed by atoms with Crippen LogP contribution >= 0.6 is 0 Å². The average molecular weight is 290 g/mol. The second-order valence-corrected chi connectivity index (χ2v) is 5.93. The summed E-state index contributed by atoms with van der Waals surface area (Å²) in [5.74, 6) is -0.691. The average Bonchev–Trinajstić information content (AvgIpc) is 2.64. The summed E-state index contributed by atoms with van der Waals surface area (Å²) in [6, 6.07) is 11.2. The van der Waals surface area contributed by atoms with Crippen LogP contribution in [-0.4, -0.2) is 53.1 Å². The molecule has 1 aromatic carbocycles. The van der Waals surface area contributed by atoms with Crippen molar-refractivity contribution in [1.29, 1.82) is 0 Å². The van der Waals surface area contributed by atoms with Crippen molar-refractivity contribution in [3.63, 3.8) is 0 Å². The predicted molar refractivity (Wildman–Crippen MR) is 84.2 cm³/mol. The van der Waals surface area contributed by atoms with Crippen molar-refractivity contribution in [3.05, 3.63) is 35.9 Å². The molecule has 0 saturated carbocycles. The molecule has 1 N–H and O–H groups in total. The number of carbonyl (C=O) groups is 1. The molecule has 0 radical (unpaired) electrons. The van der Waals surface area contributed by atoms with E-state index in [2.05, 4.69) is 47.1 Å². The first-order valence-electron chi connectivity index (χ1n) is 7.87. The lowest BCUT2D eigenvalue weighted by atomic mass is 10.1. The minimum absolute atomic E-state index is 0.278. The van der Waals surface area contributed by atoms with E-state index >= 15 is 0 Å². The van der Waals surface area contributed by atoms with Crippen molar-refractivity contribution >= 4 is 5.97 Å². The van der Waals surface area contributed by atoms with Crippen LogP contribution < -0.4 is 0 Å². The maximum absolute atomic E-state index is 10.6. The highest BCUT2D eigenvalue weighted by Crippen LogP contribution is 2.15. The minimum atomic E-state index is -0.691. The third-order valence-corrected chi connectivity index (χ3v) is 4.28. The molecule has 1 atom stereocenters. The molecule has 1 saturated heterocycles. The summed E-state index contributed by atoms with van der Waals surface area (Å²) in [4.78, 5) is 15.5. The van der Waals surface area contributed by atoms with Gasteiger partial charge in [-0.25, -0.2) is 0 Å². The second kappa shape index (κ2) is 8.15. The molecule has 0 unspecified atom stereocenters. The molecular weight excluding hydrogens is 264 g/mol. The maximum Gasteiger partial charge on any atom is 0.303 e. The highest BCUT2D eigenvalue weighted by atomic mass is 16.4. The van der Waals surface area contributed by atoms with Crippen LogP contribution in [0.4, 0.5) is 0 Å². The molecule has 0 amide bonds. The largest absolute Gasteiger partial charge is 0.481 e. The zero-order valence-corrected chi connectivity index (χ0v) is 12.9. The Balaban J connectivity index is 1.81. The number of hydrogen-bond donors (Lipinski definition) is 1. The van der Waals surface area contributed by atoms with E-state index in [0.29, 0.717) is 6.04 Å². The van der Waals surface area contributed by atoms with Gasteiger partial charge in [0.05, 0.1) is 0 Å². The fourth-order valence-corrected chi connectivity index (χ4v) is 2.88. The van der Waals surface area contributed by atoms with E-state index in [9.17, 15) is 4.79 Å². The van der Waals surface area contributed by atoms with Gasteiger partial charge in [-0.05, 0) is 38.4 Å². The molecule has 1 aliphatic heterocycles. The van der Waals surface area contributed by atoms with Crippen molar-refractivity contribution in [2.24, 2.45) is 0 Å². The highest BCUT2D eigenvalue weighted by Gasteiger charge is 2.20. The van der Waals surface area contributed by atoms with Crippen molar-refractivity contribution in [2.75, 3.05) is 26.2 Å². The van der Waals surface area contributed by atoms with E-state index in [0.717, 1.165) is 45.6 Å². The van der Waals surface area contributed by atoms with E-state index in [4.69, 9.17) is 5.11 Å². The summed E-state index contributed by atoms with van der Waals surface area (Å²) >= 11 is 0. The molecule has 0 bridgehead atoms. The van der Waals surface area contributed by atoms with Crippen LogP contribution in [0.2, 0.25) is 0 Å². The molecule has 21 heavy (non-hydrogen) atoms. The Morgan fingerprint density at radius 1 is 1.24 bits per heavy atom. The van der Waals surface area contributed by atoms with Gasteiger partial charge in [0.25, 0.3) is 0 Å². The summed E-state index contributed by atoms with van der Waals surface area (Å²) in [5.41, 5.74) is 1.36. The third kappa shape index (κ3) is 5.48. The van der Waals surface area contributed by atoms with E-state index < -0.39 is 5.97 Å². The zero-order valence-electron chi connectivity index (χ0n) is 12.9. The van der Waals surface area contributed by atoms with E-state index in [1.165, 1.54) is 5.56 Å². The Hall–Kier alpha value is -1.39. The molecule has 1 heterocycles. The van der Waals surface area contributed by atoms with Gasteiger partial charge < -0.3 is 10.0 Å². The summed E-state index contributed by atoms with van der Waals surface area (Å²) in [5, 5.41) is 8.72. The highest BCUT2D eigenvalue weighted by molar-refractivity contribution is 5.66. The van der Waals surface area contributed by atoms with Crippen LogP contribution in [0.5, 0.6) is 0 Å². The molecule has 2 rings (SSSR count). The third-order valence-electron chi connectivity index (χ3n) is 4.28. The van der Waals surface area contributed by atoms with Gasteiger partial charge >= 0.3 is 5.97 Å². The first-order chi connectivity index (χ1) is 10.1. The summed E-state index contributed by atoms with van der Waals surface area (Å²) < 4.78 is 0. The van der Waals surface area contributed by atoms with Crippen molar-refractivity contribution in [3.8, 4) is 0 Å². The topological polar surface area (TPSA) is 43.8 Å². The monoisotopic (exact) mass is 290 g/mol. The molecule has 1 fully saturated rings. The first kappa shape index (κ1) is 16.0. The van der Waals surface area contributed by atoms with E-state index in [-0.39, 0.29) is 6.42 Å². The van der Waals surface area contributed by atoms with Crippen LogP contribution in [0.15, 0.2) is 30.3 Å². The molecule has 1 aliphatic rings. The lowest BCUT2D eigenvalue weighted by Gasteiger charge is -2.26. The maximum atomic E-state index is 10.6. The summed E-state index contributed by atoms with van der Waals surface area (Å²) in [6.07, 6.45) is 2.18. The van der Waals surface area contributed by atoms with Crippen molar-refractivity contribution in [1.82, 2.24) is 9.80 Å². The Morgan fingerprint density at radius 3 is 2.71 bits per heavy atom. The first-order valence-corrected chi connectivity index (χ1v) is 7.87. The number of nitrogens with zero attached hydrogens (tertiary/aromatic N) is 2. The fraction of sp³-hybridized carbons (Fsp3) is 0.588. The van der Waals surface area contributed by atoms with Crippen LogP contribution in [0.1, 0.15) is 31.7 Å². The molecule has 1 aromatic rings. The number of rotatable bonds is 6. The van der Waals surface area contributed by atoms with Gasteiger partial charge in [0.1, 0.15) is 0 Å². The lowest BCUT2D eigenvalue weighted by molar-refractivity contribution is -0.137. The number of hydrogen-bond acceptors (Lipinski definition) is 3. The standard InChI is InChI=1S/C17H26N2O2/c1-15-9-11-18(10-5-8-17(20)21)12-13-19(15)14-16-6-3-2-4-7-16/h2-4,6-7,15H,5,8-14H2,1H3,(H,20,21)/t15-/m1/s1. The van der Waals surface area contributed by atoms with Crippen LogP contribution in [0, 0.1) is 0 Å². The number of benzene rings is 1.